The van der Waals surface area contributed by atoms with Crippen LogP contribution in [-0.4, -0.2) is 31.9 Å². The number of hydrogen-bond donors (Lipinski definition) is 1. The summed E-state index contributed by atoms with van der Waals surface area (Å²) in [6.45, 7) is 9.08. The fourth-order valence-corrected chi connectivity index (χ4v) is 4.14. The van der Waals surface area contributed by atoms with E-state index in [1.807, 2.05) is 27.7 Å². The minimum absolute atomic E-state index is 0.0607. The summed E-state index contributed by atoms with van der Waals surface area (Å²) in [6.07, 6.45) is 0.718. The third-order valence-electron chi connectivity index (χ3n) is 3.20. The molecule has 1 N–H and O–H groups in total. The maximum atomic E-state index is 13.5. The number of benzene rings is 1. The molecule has 0 aliphatic carbocycles. The second kappa shape index (κ2) is 7.87. The fraction of sp³-hybridized carbons (Fsp3) is 0.600. The van der Waals surface area contributed by atoms with Crippen molar-refractivity contribution in [3.05, 3.63) is 29.6 Å². The molecule has 0 aromatic heterocycles. The zero-order valence-electron chi connectivity index (χ0n) is 13.2. The van der Waals surface area contributed by atoms with Crippen LogP contribution in [0.4, 0.5) is 4.39 Å². The Morgan fingerprint density at radius 3 is 2.48 bits per heavy atom. The van der Waals surface area contributed by atoms with Gasteiger partial charge in [0.15, 0.2) is 0 Å². The summed E-state index contributed by atoms with van der Waals surface area (Å²) < 4.78 is 40.6. The van der Waals surface area contributed by atoms with E-state index >= 15 is 0 Å². The zero-order valence-corrected chi connectivity index (χ0v) is 14.0. The largest absolute Gasteiger partial charge is 0.313 e. The highest BCUT2D eigenvalue weighted by atomic mass is 32.2. The molecule has 0 atom stereocenters. The van der Waals surface area contributed by atoms with E-state index in [1.54, 1.807) is 0 Å². The van der Waals surface area contributed by atoms with Crippen LogP contribution in [-0.2, 0) is 16.6 Å². The van der Waals surface area contributed by atoms with Crippen LogP contribution >= 0.6 is 0 Å². The maximum absolute atomic E-state index is 13.5. The zero-order chi connectivity index (χ0) is 16.0. The minimum Gasteiger partial charge on any atom is -0.313 e. The highest BCUT2D eigenvalue weighted by Gasteiger charge is 2.28. The maximum Gasteiger partial charge on any atom is 0.243 e. The monoisotopic (exact) mass is 316 g/mol. The van der Waals surface area contributed by atoms with Gasteiger partial charge in [0, 0.05) is 19.1 Å². The molecule has 4 nitrogen and oxygen atoms in total. The molecule has 6 heteroatoms. The van der Waals surface area contributed by atoms with E-state index in [1.165, 1.54) is 16.4 Å². The van der Waals surface area contributed by atoms with Gasteiger partial charge in [-0.1, -0.05) is 19.9 Å². The molecular formula is C15H25FN2O2S. The van der Waals surface area contributed by atoms with E-state index in [0.717, 1.165) is 19.0 Å². The summed E-state index contributed by atoms with van der Waals surface area (Å²) in [7, 11) is -3.69. The first kappa shape index (κ1) is 18.1. The van der Waals surface area contributed by atoms with Gasteiger partial charge in [-0.2, -0.15) is 4.31 Å². The lowest BCUT2D eigenvalue weighted by atomic mass is 10.2. The van der Waals surface area contributed by atoms with E-state index in [2.05, 4.69) is 5.32 Å². The van der Waals surface area contributed by atoms with Crippen molar-refractivity contribution in [1.29, 1.82) is 0 Å². The molecule has 0 unspecified atom stereocenters. The van der Waals surface area contributed by atoms with E-state index in [0.29, 0.717) is 18.7 Å². The molecule has 0 saturated carbocycles. The Bertz CT molecular complexity index is 559. The Kier molecular flexibility index (Phi) is 6.77. The van der Waals surface area contributed by atoms with Gasteiger partial charge in [0.1, 0.15) is 5.82 Å². The number of sulfonamides is 1. The summed E-state index contributed by atoms with van der Waals surface area (Å²) in [5.41, 5.74) is 0.597. The Labute approximate surface area is 127 Å². The molecule has 1 aromatic carbocycles. The third-order valence-corrected chi connectivity index (χ3v) is 5.36. The number of nitrogens with one attached hydrogen (secondary N) is 1. The molecule has 120 valence electrons. The Hall–Kier alpha value is -0.980. The Morgan fingerprint density at radius 1 is 1.29 bits per heavy atom. The first-order valence-electron chi connectivity index (χ1n) is 7.35. The summed E-state index contributed by atoms with van der Waals surface area (Å²) in [4.78, 5) is 0.0607. The van der Waals surface area contributed by atoms with Gasteiger partial charge in [-0.15, -0.1) is 0 Å². The molecule has 0 aliphatic rings. The van der Waals surface area contributed by atoms with Crippen molar-refractivity contribution in [3.63, 3.8) is 0 Å². The van der Waals surface area contributed by atoms with Crippen LogP contribution < -0.4 is 5.32 Å². The molecule has 1 aromatic rings. The number of hydrogen-bond acceptors (Lipinski definition) is 3. The number of halogens is 1. The SMILES string of the molecule is CCCN(C(C)C)S(=O)(=O)c1cc(F)ccc1CNCC. The fourth-order valence-electron chi connectivity index (χ4n) is 2.18. The van der Waals surface area contributed by atoms with Crippen molar-refractivity contribution in [1.82, 2.24) is 9.62 Å². The van der Waals surface area contributed by atoms with Gasteiger partial charge in [0.05, 0.1) is 4.90 Å². The van der Waals surface area contributed by atoms with Crippen LogP contribution in [0.3, 0.4) is 0 Å². The van der Waals surface area contributed by atoms with Crippen LogP contribution in [0.5, 0.6) is 0 Å². The highest BCUT2D eigenvalue weighted by Crippen LogP contribution is 2.23. The first-order valence-corrected chi connectivity index (χ1v) is 8.79. The molecule has 0 bridgehead atoms. The highest BCUT2D eigenvalue weighted by molar-refractivity contribution is 7.89. The number of nitrogens with zero attached hydrogens (tertiary/aromatic N) is 1. The second-order valence-electron chi connectivity index (χ2n) is 5.24. The normalized spacial score (nSPS) is 12.3. The lowest BCUT2D eigenvalue weighted by molar-refractivity contribution is 0.353. The molecule has 0 heterocycles. The van der Waals surface area contributed by atoms with E-state index in [9.17, 15) is 12.8 Å². The molecule has 0 aliphatic heterocycles. The van der Waals surface area contributed by atoms with Crippen LogP contribution in [0, 0.1) is 5.82 Å². The van der Waals surface area contributed by atoms with Crippen molar-refractivity contribution in [2.24, 2.45) is 0 Å². The summed E-state index contributed by atoms with van der Waals surface area (Å²) in [6, 6.07) is 3.79. The van der Waals surface area contributed by atoms with E-state index < -0.39 is 15.8 Å². The van der Waals surface area contributed by atoms with Crippen molar-refractivity contribution < 1.29 is 12.8 Å². The summed E-state index contributed by atoms with van der Waals surface area (Å²) >= 11 is 0. The first-order chi connectivity index (χ1) is 9.84. The molecular weight excluding hydrogens is 291 g/mol. The summed E-state index contributed by atoms with van der Waals surface area (Å²) in [5.74, 6) is -0.533. The van der Waals surface area contributed by atoms with Gasteiger partial charge < -0.3 is 5.32 Å². The van der Waals surface area contributed by atoms with Crippen LogP contribution in [0.25, 0.3) is 0 Å². The lowest BCUT2D eigenvalue weighted by Gasteiger charge is -2.26. The Balaban J connectivity index is 3.30. The van der Waals surface area contributed by atoms with Gasteiger partial charge in [-0.05, 0) is 44.5 Å². The van der Waals surface area contributed by atoms with Crippen LogP contribution in [0.15, 0.2) is 23.1 Å². The van der Waals surface area contributed by atoms with E-state index in [4.69, 9.17) is 0 Å². The predicted molar refractivity (Wildman–Crippen MR) is 83.1 cm³/mol. The van der Waals surface area contributed by atoms with Crippen molar-refractivity contribution >= 4 is 10.0 Å². The van der Waals surface area contributed by atoms with E-state index in [-0.39, 0.29) is 10.9 Å². The quantitative estimate of drug-likeness (QED) is 0.802. The average Bonchev–Trinajstić information content (AvgIpc) is 2.42. The molecule has 0 fully saturated rings. The predicted octanol–water partition coefficient (Wildman–Crippen LogP) is 2.74. The van der Waals surface area contributed by atoms with Crippen LogP contribution in [0.1, 0.15) is 39.7 Å². The molecule has 21 heavy (non-hydrogen) atoms. The Morgan fingerprint density at radius 2 is 1.95 bits per heavy atom. The van der Waals surface area contributed by atoms with Crippen molar-refractivity contribution in [3.8, 4) is 0 Å². The van der Waals surface area contributed by atoms with Crippen molar-refractivity contribution in [2.45, 2.75) is 51.6 Å². The minimum atomic E-state index is -3.69. The second-order valence-corrected chi connectivity index (χ2v) is 7.10. The van der Waals surface area contributed by atoms with Gasteiger partial charge in [-0.3, -0.25) is 0 Å². The van der Waals surface area contributed by atoms with Crippen LogP contribution in [0.2, 0.25) is 0 Å². The molecule has 0 spiro atoms. The smallest absolute Gasteiger partial charge is 0.243 e. The molecule has 0 radical (unpaired) electrons. The topological polar surface area (TPSA) is 49.4 Å². The third kappa shape index (κ3) is 4.49. The van der Waals surface area contributed by atoms with Crippen molar-refractivity contribution in [2.75, 3.05) is 13.1 Å². The van der Waals surface area contributed by atoms with Gasteiger partial charge in [0.25, 0.3) is 0 Å². The number of rotatable bonds is 8. The molecule has 0 saturated heterocycles. The lowest BCUT2D eigenvalue weighted by Crippen LogP contribution is -2.38. The molecule has 1 rings (SSSR count). The summed E-state index contributed by atoms with van der Waals surface area (Å²) in [5, 5.41) is 3.09. The van der Waals surface area contributed by atoms with Gasteiger partial charge in [-0.25, -0.2) is 12.8 Å². The van der Waals surface area contributed by atoms with Gasteiger partial charge >= 0.3 is 0 Å². The molecule has 0 amide bonds. The average molecular weight is 316 g/mol. The van der Waals surface area contributed by atoms with Gasteiger partial charge in [0.2, 0.25) is 10.0 Å². The standard InChI is InChI=1S/C15H25FN2O2S/c1-5-9-18(12(3)4)21(19,20)15-10-14(16)8-7-13(15)11-17-6-2/h7-8,10,12,17H,5-6,9,11H2,1-4H3.